The molecule has 0 heterocycles. The molecule has 0 aliphatic carbocycles. The fourth-order valence-corrected chi connectivity index (χ4v) is 1.29. The summed E-state index contributed by atoms with van der Waals surface area (Å²) in [5.74, 6) is -0.417. The van der Waals surface area contributed by atoms with E-state index in [0.29, 0.717) is 18.8 Å². The van der Waals surface area contributed by atoms with Gasteiger partial charge in [-0.15, -0.1) is 0 Å². The van der Waals surface area contributed by atoms with E-state index >= 15 is 0 Å². The van der Waals surface area contributed by atoms with Gasteiger partial charge < -0.3 is 21.1 Å². The molecular weight excluding hydrogens is 218 g/mol. The van der Waals surface area contributed by atoms with Crippen LogP contribution in [0.15, 0.2) is 30.9 Å². The summed E-state index contributed by atoms with van der Waals surface area (Å²) in [4.78, 5) is 10.8. The number of ether oxygens (including phenoxy) is 1. The van der Waals surface area contributed by atoms with Crippen molar-refractivity contribution in [3.63, 3.8) is 0 Å². The summed E-state index contributed by atoms with van der Waals surface area (Å²) in [5.41, 5.74) is 8.21. The minimum atomic E-state index is -0.417. The summed E-state index contributed by atoms with van der Waals surface area (Å²) in [6, 6.07) is 5.57. The summed E-state index contributed by atoms with van der Waals surface area (Å²) >= 11 is 0. The van der Waals surface area contributed by atoms with Gasteiger partial charge >= 0.3 is 5.97 Å². The van der Waals surface area contributed by atoms with Crippen LogP contribution in [0.4, 0.5) is 17.1 Å². The number of nitrogen functional groups attached to an aromatic ring is 1. The second-order valence-corrected chi connectivity index (χ2v) is 3.35. The second-order valence-electron chi connectivity index (χ2n) is 3.35. The van der Waals surface area contributed by atoms with Gasteiger partial charge in [-0.3, -0.25) is 0 Å². The Bertz CT molecular complexity index is 405. The van der Waals surface area contributed by atoms with Crippen molar-refractivity contribution < 1.29 is 9.53 Å². The SMILES string of the molecule is C=CC(=O)OCCNc1ccc(N)c(NC)c1. The van der Waals surface area contributed by atoms with Gasteiger partial charge in [0, 0.05) is 25.4 Å². The van der Waals surface area contributed by atoms with Gasteiger partial charge in [0.15, 0.2) is 0 Å². The van der Waals surface area contributed by atoms with Crippen LogP contribution in [-0.2, 0) is 9.53 Å². The Hall–Kier alpha value is -2.17. The molecule has 0 fully saturated rings. The number of nitrogens with one attached hydrogen (secondary N) is 2. The summed E-state index contributed by atoms with van der Waals surface area (Å²) in [5, 5.41) is 6.11. The van der Waals surface area contributed by atoms with Crippen molar-refractivity contribution in [2.45, 2.75) is 0 Å². The van der Waals surface area contributed by atoms with Crippen molar-refractivity contribution in [3.05, 3.63) is 30.9 Å². The molecule has 92 valence electrons. The quantitative estimate of drug-likeness (QED) is 0.301. The average Bonchev–Trinajstić information content (AvgIpc) is 2.36. The van der Waals surface area contributed by atoms with Crippen molar-refractivity contribution in [2.75, 3.05) is 36.6 Å². The zero-order chi connectivity index (χ0) is 12.7. The Morgan fingerprint density at radius 3 is 3.00 bits per heavy atom. The molecule has 5 heteroatoms. The van der Waals surface area contributed by atoms with Gasteiger partial charge in [0.2, 0.25) is 0 Å². The highest BCUT2D eigenvalue weighted by Crippen LogP contribution is 2.22. The van der Waals surface area contributed by atoms with E-state index in [4.69, 9.17) is 10.5 Å². The third-order valence-electron chi connectivity index (χ3n) is 2.16. The molecule has 0 aromatic heterocycles. The number of anilines is 3. The fourth-order valence-electron chi connectivity index (χ4n) is 1.29. The van der Waals surface area contributed by atoms with Crippen LogP contribution in [0.2, 0.25) is 0 Å². The van der Waals surface area contributed by atoms with Crippen molar-refractivity contribution in [2.24, 2.45) is 0 Å². The monoisotopic (exact) mass is 235 g/mol. The molecule has 1 aromatic rings. The van der Waals surface area contributed by atoms with E-state index in [9.17, 15) is 4.79 Å². The van der Waals surface area contributed by atoms with Crippen LogP contribution < -0.4 is 16.4 Å². The van der Waals surface area contributed by atoms with Gasteiger partial charge in [-0.05, 0) is 18.2 Å². The number of hydrogen-bond acceptors (Lipinski definition) is 5. The third kappa shape index (κ3) is 4.06. The van der Waals surface area contributed by atoms with Crippen LogP contribution in [0.1, 0.15) is 0 Å². The van der Waals surface area contributed by atoms with Gasteiger partial charge in [0.05, 0.1) is 11.4 Å². The number of benzene rings is 1. The third-order valence-corrected chi connectivity index (χ3v) is 2.16. The molecule has 0 saturated heterocycles. The van der Waals surface area contributed by atoms with E-state index in [-0.39, 0.29) is 0 Å². The molecular formula is C12H17N3O2. The maximum absolute atomic E-state index is 10.8. The maximum Gasteiger partial charge on any atom is 0.330 e. The molecule has 1 aromatic carbocycles. The molecule has 0 radical (unpaired) electrons. The molecule has 0 saturated carbocycles. The highest BCUT2D eigenvalue weighted by molar-refractivity contribution is 5.81. The smallest absolute Gasteiger partial charge is 0.330 e. The van der Waals surface area contributed by atoms with Crippen LogP contribution in [0.3, 0.4) is 0 Å². The second kappa shape index (κ2) is 6.42. The van der Waals surface area contributed by atoms with E-state index < -0.39 is 5.97 Å². The minimum absolute atomic E-state index is 0.296. The number of carbonyl (C=O) groups is 1. The molecule has 17 heavy (non-hydrogen) atoms. The minimum Gasteiger partial charge on any atom is -0.461 e. The Morgan fingerprint density at radius 2 is 2.35 bits per heavy atom. The summed E-state index contributed by atoms with van der Waals surface area (Å²) in [6.07, 6.45) is 1.14. The van der Waals surface area contributed by atoms with Gasteiger partial charge in [0.25, 0.3) is 0 Å². The predicted octanol–water partition coefficient (Wildman–Crippen LogP) is 1.45. The molecule has 0 atom stereocenters. The van der Waals surface area contributed by atoms with Crippen LogP contribution in [0, 0.1) is 0 Å². The Labute approximate surface area is 101 Å². The first kappa shape index (κ1) is 12.9. The molecule has 0 unspecified atom stereocenters. The van der Waals surface area contributed by atoms with E-state index in [1.165, 1.54) is 0 Å². The van der Waals surface area contributed by atoms with E-state index in [0.717, 1.165) is 17.5 Å². The number of hydrogen-bond donors (Lipinski definition) is 3. The standard InChI is InChI=1S/C12H17N3O2/c1-3-12(16)17-7-6-15-9-4-5-10(13)11(8-9)14-2/h3-5,8,14-15H,1,6-7,13H2,2H3. The van der Waals surface area contributed by atoms with Crippen molar-refractivity contribution in [3.8, 4) is 0 Å². The zero-order valence-corrected chi connectivity index (χ0v) is 9.82. The molecule has 0 aliphatic rings. The van der Waals surface area contributed by atoms with Gasteiger partial charge in [-0.25, -0.2) is 4.79 Å². The van der Waals surface area contributed by atoms with Crippen LogP contribution >= 0.6 is 0 Å². The number of nitrogens with two attached hydrogens (primary N) is 1. The lowest BCUT2D eigenvalue weighted by Gasteiger charge is -2.10. The fraction of sp³-hybridized carbons (Fsp3) is 0.250. The highest BCUT2D eigenvalue weighted by Gasteiger charge is 1.99. The first-order valence-corrected chi connectivity index (χ1v) is 5.27. The van der Waals surface area contributed by atoms with Crippen molar-refractivity contribution >= 4 is 23.0 Å². The average molecular weight is 235 g/mol. The summed E-state index contributed by atoms with van der Waals surface area (Å²) < 4.78 is 4.83. The first-order chi connectivity index (χ1) is 8.17. The molecule has 1 rings (SSSR count). The van der Waals surface area contributed by atoms with Crippen LogP contribution in [0.25, 0.3) is 0 Å². The van der Waals surface area contributed by atoms with Gasteiger partial charge in [-0.1, -0.05) is 6.58 Å². The topological polar surface area (TPSA) is 76.4 Å². The molecule has 5 nitrogen and oxygen atoms in total. The zero-order valence-electron chi connectivity index (χ0n) is 9.82. The van der Waals surface area contributed by atoms with E-state index in [1.54, 1.807) is 7.05 Å². The molecule has 4 N–H and O–H groups in total. The highest BCUT2D eigenvalue weighted by atomic mass is 16.5. The first-order valence-electron chi connectivity index (χ1n) is 5.27. The Balaban J connectivity index is 2.41. The Kier molecular flexibility index (Phi) is 4.87. The van der Waals surface area contributed by atoms with Crippen molar-refractivity contribution in [1.82, 2.24) is 0 Å². The number of esters is 1. The normalized spacial score (nSPS) is 9.47. The summed E-state index contributed by atoms with van der Waals surface area (Å²) in [7, 11) is 1.81. The molecule has 0 aliphatic heterocycles. The predicted molar refractivity (Wildman–Crippen MR) is 70.0 cm³/mol. The Morgan fingerprint density at radius 1 is 1.59 bits per heavy atom. The van der Waals surface area contributed by atoms with Crippen LogP contribution in [-0.4, -0.2) is 26.2 Å². The van der Waals surface area contributed by atoms with Crippen LogP contribution in [0.5, 0.6) is 0 Å². The van der Waals surface area contributed by atoms with Gasteiger partial charge in [-0.2, -0.15) is 0 Å². The van der Waals surface area contributed by atoms with E-state index in [1.807, 2.05) is 18.2 Å². The molecule has 0 amide bonds. The lowest BCUT2D eigenvalue weighted by atomic mass is 10.2. The largest absolute Gasteiger partial charge is 0.461 e. The summed E-state index contributed by atoms with van der Waals surface area (Å²) in [6.45, 7) is 4.14. The van der Waals surface area contributed by atoms with E-state index in [2.05, 4.69) is 17.2 Å². The molecule has 0 bridgehead atoms. The number of rotatable bonds is 6. The maximum atomic E-state index is 10.8. The number of carbonyl (C=O) groups excluding carboxylic acids is 1. The lowest BCUT2D eigenvalue weighted by Crippen LogP contribution is -2.12. The van der Waals surface area contributed by atoms with Crippen molar-refractivity contribution in [1.29, 1.82) is 0 Å². The lowest BCUT2D eigenvalue weighted by molar-refractivity contribution is -0.137. The van der Waals surface area contributed by atoms with Gasteiger partial charge in [0.1, 0.15) is 6.61 Å². The molecule has 0 spiro atoms.